The van der Waals surface area contributed by atoms with Gasteiger partial charge in [-0.05, 0) is 29.3 Å². The van der Waals surface area contributed by atoms with Gasteiger partial charge in [0.2, 0.25) is 5.91 Å². The van der Waals surface area contributed by atoms with Gasteiger partial charge in [-0.15, -0.1) is 11.3 Å². The van der Waals surface area contributed by atoms with E-state index in [0.717, 1.165) is 35.8 Å². The molecule has 1 atom stereocenters. The molecule has 4 rings (SSSR count). The van der Waals surface area contributed by atoms with E-state index in [9.17, 15) is 9.59 Å². The number of hydrazone groups is 1. The van der Waals surface area contributed by atoms with Crippen LogP contribution in [0.25, 0.3) is 0 Å². The Kier molecular flexibility index (Phi) is 8.59. The van der Waals surface area contributed by atoms with Crippen LogP contribution < -0.4 is 0 Å². The van der Waals surface area contributed by atoms with E-state index in [1.807, 2.05) is 17.5 Å². The number of nitrogens with zero attached hydrogens (tertiary/aromatic N) is 4. The summed E-state index contributed by atoms with van der Waals surface area (Å²) in [7, 11) is 0. The van der Waals surface area contributed by atoms with Crippen molar-refractivity contribution in [1.29, 1.82) is 0 Å². The van der Waals surface area contributed by atoms with Gasteiger partial charge in [-0.2, -0.15) is 5.10 Å². The van der Waals surface area contributed by atoms with E-state index in [-0.39, 0.29) is 29.8 Å². The minimum Gasteiger partial charge on any atom is -0.379 e. The van der Waals surface area contributed by atoms with Gasteiger partial charge in [-0.1, -0.05) is 56.7 Å². The van der Waals surface area contributed by atoms with Crippen molar-refractivity contribution in [3.05, 3.63) is 57.8 Å². The lowest BCUT2D eigenvalue weighted by Gasteiger charge is -2.32. The number of benzene rings is 1. The molecule has 2 aliphatic rings. The van der Waals surface area contributed by atoms with Crippen LogP contribution in [0.5, 0.6) is 0 Å². The molecule has 8 heteroatoms. The third kappa shape index (κ3) is 7.02. The van der Waals surface area contributed by atoms with Crippen molar-refractivity contribution in [1.82, 2.24) is 14.8 Å². The number of carbonyl (C=O) groups is 2. The summed E-state index contributed by atoms with van der Waals surface area (Å²) in [6.07, 6.45) is 1.06. The molecule has 0 unspecified atom stereocenters. The van der Waals surface area contributed by atoms with E-state index in [1.165, 1.54) is 5.56 Å². The molecule has 1 fully saturated rings. The highest BCUT2D eigenvalue weighted by molar-refractivity contribution is 7.12. The molecular formula is C28H38N4O3S. The fourth-order valence-corrected chi connectivity index (χ4v) is 5.28. The van der Waals surface area contributed by atoms with Gasteiger partial charge in [0.15, 0.2) is 0 Å². The number of ether oxygens (including phenoxy) is 1. The molecule has 0 aliphatic carbocycles. The van der Waals surface area contributed by atoms with Crippen molar-refractivity contribution >= 4 is 28.9 Å². The molecule has 3 heterocycles. The number of thiophene rings is 1. The molecule has 0 spiro atoms. The highest BCUT2D eigenvalue weighted by atomic mass is 32.1. The van der Waals surface area contributed by atoms with Crippen molar-refractivity contribution in [2.45, 2.75) is 46.6 Å². The summed E-state index contributed by atoms with van der Waals surface area (Å²) in [4.78, 5) is 32.1. The summed E-state index contributed by atoms with van der Waals surface area (Å²) in [6.45, 7) is 12.6. The Morgan fingerprint density at radius 2 is 1.86 bits per heavy atom. The Morgan fingerprint density at radius 3 is 2.50 bits per heavy atom. The van der Waals surface area contributed by atoms with Crippen molar-refractivity contribution in [3.8, 4) is 0 Å². The molecular weight excluding hydrogens is 472 g/mol. The van der Waals surface area contributed by atoms with Gasteiger partial charge in [0.1, 0.15) is 6.54 Å². The number of carbonyl (C=O) groups excluding carboxylic acids is 2. The second kappa shape index (κ2) is 11.7. The summed E-state index contributed by atoms with van der Waals surface area (Å²) in [5.74, 6) is -0.131. The maximum absolute atomic E-state index is 13.7. The topological polar surface area (TPSA) is 65.5 Å². The molecule has 1 aromatic heterocycles. The van der Waals surface area contributed by atoms with Crippen LogP contribution in [0.2, 0.25) is 0 Å². The molecule has 7 nitrogen and oxygen atoms in total. The average molecular weight is 511 g/mol. The number of hydrogen-bond donors (Lipinski definition) is 0. The van der Waals surface area contributed by atoms with Crippen molar-refractivity contribution in [3.63, 3.8) is 0 Å². The fraction of sp³-hybridized carbons (Fsp3) is 0.536. The first-order valence-electron chi connectivity index (χ1n) is 12.8. The first-order valence-corrected chi connectivity index (χ1v) is 13.7. The zero-order valence-corrected chi connectivity index (χ0v) is 22.7. The van der Waals surface area contributed by atoms with Crippen LogP contribution in [0.3, 0.4) is 0 Å². The second-order valence-electron chi connectivity index (χ2n) is 10.9. The van der Waals surface area contributed by atoms with E-state index < -0.39 is 0 Å². The molecule has 194 valence electrons. The first-order chi connectivity index (χ1) is 17.2. The predicted octanol–water partition coefficient (Wildman–Crippen LogP) is 4.33. The molecule has 1 aromatic carbocycles. The van der Waals surface area contributed by atoms with Gasteiger partial charge in [0.25, 0.3) is 5.91 Å². The third-order valence-corrected chi connectivity index (χ3v) is 7.50. The monoisotopic (exact) mass is 510 g/mol. The fourth-order valence-electron chi connectivity index (χ4n) is 4.56. The molecule has 36 heavy (non-hydrogen) atoms. The number of hydrogen-bond acceptors (Lipinski definition) is 6. The Hall–Kier alpha value is -2.55. The zero-order chi connectivity index (χ0) is 25.7. The van der Waals surface area contributed by atoms with Crippen LogP contribution in [0.4, 0.5) is 0 Å². The number of morpholine rings is 1. The minimum absolute atomic E-state index is 0.0117. The van der Waals surface area contributed by atoms with Crippen LogP contribution in [0, 0.1) is 12.3 Å². The standard InChI is InChI=1S/C28H38N4O3S/c1-21-7-9-22(10-8-21)24-18-23(25-6-5-17-36-25)29-32(24)27(34)20-31(26(33)19-28(2,3)4)12-11-30-13-15-35-16-14-30/h5-10,17,24H,11-16,18-20H2,1-4H3/t24-/m0/s1. The number of aryl methyl sites for hydroxylation is 1. The molecule has 0 saturated carbocycles. The van der Waals surface area contributed by atoms with Crippen molar-refractivity contribution in [2.75, 3.05) is 45.9 Å². The molecule has 0 N–H and O–H groups in total. The van der Waals surface area contributed by atoms with Crippen molar-refractivity contribution in [2.24, 2.45) is 10.5 Å². The van der Waals surface area contributed by atoms with E-state index in [2.05, 4.69) is 56.9 Å². The minimum atomic E-state index is -0.172. The quantitative estimate of drug-likeness (QED) is 0.530. The maximum atomic E-state index is 13.7. The summed E-state index contributed by atoms with van der Waals surface area (Å²) >= 11 is 1.63. The van der Waals surface area contributed by atoms with Crippen LogP contribution in [-0.4, -0.2) is 78.3 Å². The lowest BCUT2D eigenvalue weighted by molar-refractivity contribution is -0.142. The van der Waals surface area contributed by atoms with E-state index >= 15 is 0 Å². The Balaban J connectivity index is 1.53. The Labute approximate surface area is 218 Å². The molecule has 1 saturated heterocycles. The molecule has 0 bridgehead atoms. The molecule has 2 amide bonds. The Bertz CT molecular complexity index is 1050. The molecule has 0 radical (unpaired) electrons. The second-order valence-corrected chi connectivity index (χ2v) is 11.8. The highest BCUT2D eigenvalue weighted by Gasteiger charge is 2.35. The normalized spacial score (nSPS) is 18.8. The highest BCUT2D eigenvalue weighted by Crippen LogP contribution is 2.34. The van der Waals surface area contributed by atoms with Crippen LogP contribution in [0.15, 0.2) is 46.9 Å². The maximum Gasteiger partial charge on any atom is 0.262 e. The summed E-state index contributed by atoms with van der Waals surface area (Å²) in [5.41, 5.74) is 3.01. The summed E-state index contributed by atoms with van der Waals surface area (Å²) in [6, 6.07) is 12.2. The zero-order valence-electron chi connectivity index (χ0n) is 21.9. The summed E-state index contributed by atoms with van der Waals surface area (Å²) < 4.78 is 5.46. The van der Waals surface area contributed by atoms with Gasteiger partial charge in [-0.3, -0.25) is 14.5 Å². The largest absolute Gasteiger partial charge is 0.379 e. The average Bonchev–Trinajstić information content (AvgIpc) is 3.52. The van der Waals surface area contributed by atoms with Crippen LogP contribution in [0.1, 0.15) is 55.7 Å². The predicted molar refractivity (Wildman–Crippen MR) is 144 cm³/mol. The Morgan fingerprint density at radius 1 is 1.14 bits per heavy atom. The first kappa shape index (κ1) is 26.5. The smallest absolute Gasteiger partial charge is 0.262 e. The van der Waals surface area contributed by atoms with Gasteiger partial charge < -0.3 is 9.64 Å². The van der Waals surface area contributed by atoms with E-state index in [4.69, 9.17) is 9.84 Å². The van der Waals surface area contributed by atoms with Gasteiger partial charge in [0.05, 0.1) is 29.8 Å². The van der Waals surface area contributed by atoms with Crippen LogP contribution in [-0.2, 0) is 14.3 Å². The van der Waals surface area contributed by atoms with Gasteiger partial charge in [0, 0.05) is 39.0 Å². The number of amides is 2. The van der Waals surface area contributed by atoms with E-state index in [1.54, 1.807) is 21.2 Å². The SMILES string of the molecule is Cc1ccc([C@@H]2CC(c3cccs3)=NN2C(=O)CN(CCN2CCOCC2)C(=O)CC(C)(C)C)cc1. The van der Waals surface area contributed by atoms with Gasteiger partial charge >= 0.3 is 0 Å². The third-order valence-electron chi connectivity index (χ3n) is 6.58. The molecule has 2 aliphatic heterocycles. The lowest BCUT2D eigenvalue weighted by atomic mass is 9.91. The summed E-state index contributed by atoms with van der Waals surface area (Å²) in [5, 5.41) is 8.44. The van der Waals surface area contributed by atoms with Gasteiger partial charge in [-0.25, -0.2) is 5.01 Å². The van der Waals surface area contributed by atoms with Crippen LogP contribution >= 0.6 is 11.3 Å². The number of rotatable bonds is 8. The van der Waals surface area contributed by atoms with E-state index in [0.29, 0.717) is 32.6 Å². The van der Waals surface area contributed by atoms with Crippen molar-refractivity contribution < 1.29 is 14.3 Å². The lowest BCUT2D eigenvalue weighted by Crippen LogP contribution is -2.47. The molecule has 2 aromatic rings.